The van der Waals surface area contributed by atoms with Crippen molar-refractivity contribution in [2.45, 2.75) is 32.3 Å². The van der Waals surface area contributed by atoms with Gasteiger partial charge >= 0.3 is 6.09 Å². The molecule has 0 atom stereocenters. The molecule has 19 heavy (non-hydrogen) atoms. The average Bonchev–Trinajstić information content (AvgIpc) is 2.27. The van der Waals surface area contributed by atoms with Crippen molar-refractivity contribution in [3.05, 3.63) is 18.0 Å². The highest BCUT2D eigenvalue weighted by Gasteiger charge is 2.31. The maximum absolute atomic E-state index is 13.1. The number of nitrogens with zero attached hydrogens (tertiary/aromatic N) is 2. The molecule has 106 valence electrons. The molecule has 0 aliphatic rings. The number of anilines is 1. The number of nitrogens with one attached hydrogen (secondary N) is 1. The molecule has 0 fully saturated rings. The minimum absolute atomic E-state index is 0.160. The molecule has 0 aliphatic carbocycles. The Morgan fingerprint density at radius 2 is 1.89 bits per heavy atom. The van der Waals surface area contributed by atoms with Gasteiger partial charge in [0.1, 0.15) is 12.2 Å². The Hall–Kier alpha value is -1.83. The van der Waals surface area contributed by atoms with Crippen molar-refractivity contribution in [3.8, 4) is 0 Å². The lowest BCUT2D eigenvalue weighted by Gasteiger charge is -2.19. The molecule has 1 aromatic rings. The highest BCUT2D eigenvalue weighted by Crippen LogP contribution is 2.25. The number of carbonyl (C=O) groups is 1. The Morgan fingerprint density at radius 1 is 1.37 bits per heavy atom. The second kappa shape index (κ2) is 5.43. The Bertz CT molecular complexity index is 443. The van der Waals surface area contributed by atoms with Crippen LogP contribution in [0.3, 0.4) is 0 Å². The van der Waals surface area contributed by atoms with E-state index < -0.39 is 29.8 Å². The smallest absolute Gasteiger partial charge is 0.414 e. The van der Waals surface area contributed by atoms with Gasteiger partial charge in [0.15, 0.2) is 0 Å². The van der Waals surface area contributed by atoms with Gasteiger partial charge in [0.05, 0.1) is 5.56 Å². The first-order valence-corrected chi connectivity index (χ1v) is 5.45. The van der Waals surface area contributed by atoms with Crippen LogP contribution in [0.5, 0.6) is 0 Å². The quantitative estimate of drug-likeness (QED) is 0.880. The van der Waals surface area contributed by atoms with E-state index in [-0.39, 0.29) is 5.95 Å². The molecule has 0 unspecified atom stereocenters. The molecule has 0 bridgehead atoms. The molecule has 0 saturated carbocycles. The molecule has 1 aromatic heterocycles. The molecular formula is C11H15F2N3O3. The van der Waals surface area contributed by atoms with Gasteiger partial charge in [-0.2, -0.15) is 8.78 Å². The van der Waals surface area contributed by atoms with Gasteiger partial charge in [-0.3, -0.25) is 5.32 Å². The summed E-state index contributed by atoms with van der Waals surface area (Å²) in [4.78, 5) is 18.5. The zero-order chi connectivity index (χ0) is 14.7. The lowest BCUT2D eigenvalue weighted by molar-refractivity contribution is -0.0561. The number of amides is 1. The van der Waals surface area contributed by atoms with Gasteiger partial charge < -0.3 is 9.84 Å². The van der Waals surface area contributed by atoms with Gasteiger partial charge in [0.2, 0.25) is 5.95 Å². The summed E-state index contributed by atoms with van der Waals surface area (Å²) in [5.74, 6) is -3.57. The molecule has 1 amide bonds. The summed E-state index contributed by atoms with van der Waals surface area (Å²) in [5.41, 5.74) is -1.22. The summed E-state index contributed by atoms with van der Waals surface area (Å²) in [7, 11) is 0. The molecule has 1 rings (SSSR count). The van der Waals surface area contributed by atoms with Crippen LogP contribution in [0.2, 0.25) is 0 Å². The third-order valence-electron chi connectivity index (χ3n) is 1.89. The summed E-state index contributed by atoms with van der Waals surface area (Å²) in [6.07, 6.45) is 0.875. The minimum atomic E-state index is -3.41. The maximum atomic E-state index is 13.1. The number of halogens is 2. The van der Waals surface area contributed by atoms with Crippen LogP contribution in [-0.2, 0) is 10.7 Å². The number of carbonyl (C=O) groups excluding carboxylic acids is 1. The van der Waals surface area contributed by atoms with E-state index in [1.54, 1.807) is 20.8 Å². The Kier molecular flexibility index (Phi) is 4.35. The minimum Gasteiger partial charge on any atom is -0.444 e. The predicted molar refractivity (Wildman–Crippen MR) is 62.9 cm³/mol. The standard InChI is InChI=1S/C11H15F2N3O3/c1-10(2,3)19-9(18)16-8-14-4-7(5-15-8)11(12,13)6-17/h4-5,17H,6H2,1-3H3,(H,14,15,16,18). The first-order chi connectivity index (χ1) is 8.64. The first kappa shape index (κ1) is 15.2. The lowest BCUT2D eigenvalue weighted by Crippen LogP contribution is -2.28. The van der Waals surface area contributed by atoms with Crippen LogP contribution in [-0.4, -0.2) is 33.4 Å². The Labute approximate surface area is 108 Å². The lowest BCUT2D eigenvalue weighted by atomic mass is 10.2. The van der Waals surface area contributed by atoms with Gasteiger partial charge in [-0.1, -0.05) is 0 Å². The van der Waals surface area contributed by atoms with Gasteiger partial charge in [-0.05, 0) is 20.8 Å². The molecule has 0 saturated heterocycles. The van der Waals surface area contributed by atoms with Gasteiger partial charge in [-0.15, -0.1) is 0 Å². The SMILES string of the molecule is CC(C)(C)OC(=O)Nc1ncc(C(F)(F)CO)cn1. The van der Waals surface area contributed by atoms with Crippen molar-refractivity contribution < 1.29 is 23.4 Å². The highest BCUT2D eigenvalue weighted by molar-refractivity contribution is 5.82. The van der Waals surface area contributed by atoms with Crippen LogP contribution in [0.4, 0.5) is 19.5 Å². The van der Waals surface area contributed by atoms with Crippen LogP contribution in [0, 0.1) is 0 Å². The number of hydrogen-bond acceptors (Lipinski definition) is 5. The Balaban J connectivity index is 2.70. The number of aliphatic hydroxyl groups excluding tert-OH is 1. The zero-order valence-corrected chi connectivity index (χ0v) is 10.8. The molecule has 8 heteroatoms. The van der Waals surface area contributed by atoms with Gasteiger partial charge in [0, 0.05) is 12.4 Å². The fourth-order valence-corrected chi connectivity index (χ4v) is 1.07. The Morgan fingerprint density at radius 3 is 2.32 bits per heavy atom. The second-order valence-electron chi connectivity index (χ2n) is 4.78. The largest absolute Gasteiger partial charge is 0.444 e. The first-order valence-electron chi connectivity index (χ1n) is 5.45. The van der Waals surface area contributed by atoms with Crippen LogP contribution in [0.1, 0.15) is 26.3 Å². The van der Waals surface area contributed by atoms with E-state index in [9.17, 15) is 13.6 Å². The zero-order valence-electron chi connectivity index (χ0n) is 10.8. The number of hydrogen-bond donors (Lipinski definition) is 2. The molecule has 0 spiro atoms. The molecule has 6 nitrogen and oxygen atoms in total. The second-order valence-corrected chi connectivity index (χ2v) is 4.78. The monoisotopic (exact) mass is 275 g/mol. The summed E-state index contributed by atoms with van der Waals surface area (Å²) in [5, 5.41) is 10.7. The number of alkyl halides is 2. The molecule has 2 N–H and O–H groups in total. The van der Waals surface area contributed by atoms with Crippen LogP contribution < -0.4 is 5.32 Å². The fourth-order valence-electron chi connectivity index (χ4n) is 1.07. The van der Waals surface area contributed by atoms with E-state index in [4.69, 9.17) is 9.84 Å². The van der Waals surface area contributed by atoms with Crippen molar-refractivity contribution >= 4 is 12.0 Å². The van der Waals surface area contributed by atoms with Crippen LogP contribution in [0.25, 0.3) is 0 Å². The maximum Gasteiger partial charge on any atom is 0.414 e. The van der Waals surface area contributed by atoms with E-state index in [1.165, 1.54) is 0 Å². The fraction of sp³-hybridized carbons (Fsp3) is 0.545. The normalized spacial score (nSPS) is 12.1. The topological polar surface area (TPSA) is 84.3 Å². The number of aromatic nitrogens is 2. The van der Waals surface area contributed by atoms with E-state index in [2.05, 4.69) is 15.3 Å². The molecule has 0 radical (unpaired) electrons. The molecule has 0 aliphatic heterocycles. The summed E-state index contributed by atoms with van der Waals surface area (Å²) in [6, 6.07) is 0. The van der Waals surface area contributed by atoms with Gasteiger partial charge in [0.25, 0.3) is 5.92 Å². The summed E-state index contributed by atoms with van der Waals surface area (Å²) in [6.45, 7) is 3.70. The van der Waals surface area contributed by atoms with E-state index >= 15 is 0 Å². The number of rotatable bonds is 3. The van der Waals surface area contributed by atoms with Crippen molar-refractivity contribution in [2.24, 2.45) is 0 Å². The summed E-state index contributed by atoms with van der Waals surface area (Å²) < 4.78 is 31.1. The predicted octanol–water partition coefficient (Wildman–Crippen LogP) is 1.91. The molecular weight excluding hydrogens is 260 g/mol. The molecule has 1 heterocycles. The van der Waals surface area contributed by atoms with E-state index in [1.807, 2.05) is 0 Å². The van der Waals surface area contributed by atoms with Crippen molar-refractivity contribution in [2.75, 3.05) is 11.9 Å². The molecule has 0 aromatic carbocycles. The van der Waals surface area contributed by atoms with Crippen LogP contribution in [0.15, 0.2) is 12.4 Å². The third-order valence-corrected chi connectivity index (χ3v) is 1.89. The van der Waals surface area contributed by atoms with E-state index in [0.29, 0.717) is 0 Å². The van der Waals surface area contributed by atoms with E-state index in [0.717, 1.165) is 12.4 Å². The van der Waals surface area contributed by atoms with Crippen molar-refractivity contribution in [1.82, 2.24) is 9.97 Å². The average molecular weight is 275 g/mol. The van der Waals surface area contributed by atoms with Crippen molar-refractivity contribution in [3.63, 3.8) is 0 Å². The number of ether oxygens (including phenoxy) is 1. The van der Waals surface area contributed by atoms with Gasteiger partial charge in [-0.25, -0.2) is 14.8 Å². The third kappa shape index (κ3) is 4.74. The number of aliphatic hydroxyl groups is 1. The van der Waals surface area contributed by atoms with Crippen LogP contribution >= 0.6 is 0 Å². The van der Waals surface area contributed by atoms with Crippen molar-refractivity contribution in [1.29, 1.82) is 0 Å². The summed E-state index contributed by atoms with van der Waals surface area (Å²) >= 11 is 0. The highest BCUT2D eigenvalue weighted by atomic mass is 19.3.